The minimum atomic E-state index is -1.75. The van der Waals surface area contributed by atoms with Crippen molar-refractivity contribution in [3.05, 3.63) is 0 Å². The van der Waals surface area contributed by atoms with Crippen LogP contribution in [0, 0.1) is 0 Å². The lowest BCUT2D eigenvalue weighted by molar-refractivity contribution is -0.275. The van der Waals surface area contributed by atoms with Crippen LogP contribution in [0.15, 0.2) is 0 Å². The highest BCUT2D eigenvalue weighted by Gasteiger charge is 2.55. The summed E-state index contributed by atoms with van der Waals surface area (Å²) in [5, 5.41) is 109. The van der Waals surface area contributed by atoms with E-state index in [9.17, 15) is 51.1 Å². The van der Waals surface area contributed by atoms with Crippen molar-refractivity contribution in [1.82, 2.24) is 0 Å². The van der Waals surface area contributed by atoms with E-state index in [4.69, 9.17) is 38.3 Å². The van der Waals surface area contributed by atoms with E-state index in [1.54, 1.807) is 0 Å². The summed E-state index contributed by atoms with van der Waals surface area (Å²) in [5.41, 5.74) is 0. The fourth-order valence-corrected chi connectivity index (χ4v) is 4.82. The first-order chi connectivity index (χ1) is 18.5. The molecule has 0 saturated carbocycles. The van der Waals surface area contributed by atoms with Crippen molar-refractivity contribution in [2.45, 2.75) is 105 Å². The molecule has 4 rings (SSSR count). The molecule has 4 aliphatic rings. The van der Waals surface area contributed by atoms with E-state index in [0.717, 1.165) is 0 Å². The zero-order valence-corrected chi connectivity index (χ0v) is 20.4. The van der Waals surface area contributed by atoms with E-state index in [0.29, 0.717) is 0 Å². The average Bonchev–Trinajstić information content (AvgIpc) is 3.57. The van der Waals surface area contributed by atoms with Gasteiger partial charge in [0.05, 0.1) is 26.4 Å². The summed E-state index contributed by atoms with van der Waals surface area (Å²) >= 11 is 0. The standard InChI is InChI=1S/C21H36O18/c22-1-5(25)15-12(29)14(31)20(37-15)39-17-11(28)8(4-33-19-13(30)9(26)6(2-23)35-19)36-21(17)38-16-10(27)7(3-24)34-18(16)32/h5-32H,1-4H2/t5-,6+,7+,8+,9+,10+,11+,12-,13-,14-,15+,16-,17-,18+,19-,20+,21-/m1/s1. The van der Waals surface area contributed by atoms with E-state index in [2.05, 4.69) is 0 Å². The topological polar surface area (TPSA) is 287 Å². The third-order valence-electron chi connectivity index (χ3n) is 7.12. The molecule has 228 valence electrons. The lowest BCUT2D eigenvalue weighted by Crippen LogP contribution is -2.46. The quantitative estimate of drug-likeness (QED) is 0.109. The van der Waals surface area contributed by atoms with Crippen LogP contribution in [0.1, 0.15) is 0 Å². The van der Waals surface area contributed by atoms with E-state index >= 15 is 0 Å². The minimum Gasteiger partial charge on any atom is -0.394 e. The number of aliphatic hydroxyl groups excluding tert-OH is 11. The molecule has 0 aromatic heterocycles. The number of ether oxygens (including phenoxy) is 7. The monoisotopic (exact) mass is 576 g/mol. The van der Waals surface area contributed by atoms with E-state index < -0.39 is 131 Å². The summed E-state index contributed by atoms with van der Waals surface area (Å²) in [6.45, 7) is -2.55. The second-order valence-corrected chi connectivity index (χ2v) is 9.71. The van der Waals surface area contributed by atoms with Crippen LogP contribution in [0.4, 0.5) is 0 Å². The van der Waals surface area contributed by atoms with Gasteiger partial charge in [0.25, 0.3) is 0 Å². The van der Waals surface area contributed by atoms with Crippen molar-refractivity contribution in [1.29, 1.82) is 0 Å². The van der Waals surface area contributed by atoms with Crippen LogP contribution in [-0.4, -0.2) is 187 Å². The Morgan fingerprint density at radius 2 is 1.13 bits per heavy atom. The molecule has 4 aliphatic heterocycles. The van der Waals surface area contributed by atoms with Gasteiger partial charge in [0.15, 0.2) is 25.2 Å². The molecule has 4 heterocycles. The summed E-state index contributed by atoms with van der Waals surface area (Å²) in [5.74, 6) is 0. The lowest BCUT2D eigenvalue weighted by Gasteiger charge is -2.28. The Morgan fingerprint density at radius 3 is 1.72 bits per heavy atom. The van der Waals surface area contributed by atoms with Crippen LogP contribution < -0.4 is 0 Å². The molecule has 0 radical (unpaired) electrons. The van der Waals surface area contributed by atoms with Crippen LogP contribution in [0.25, 0.3) is 0 Å². The fourth-order valence-electron chi connectivity index (χ4n) is 4.82. The molecule has 0 aromatic rings. The fraction of sp³-hybridized carbons (Fsp3) is 1.00. The van der Waals surface area contributed by atoms with Crippen LogP contribution in [0.5, 0.6) is 0 Å². The molecule has 17 atom stereocenters. The first-order valence-electron chi connectivity index (χ1n) is 12.3. The van der Waals surface area contributed by atoms with Crippen molar-refractivity contribution in [3.8, 4) is 0 Å². The van der Waals surface area contributed by atoms with Crippen molar-refractivity contribution in [2.24, 2.45) is 0 Å². The Kier molecular flexibility index (Phi) is 10.5. The molecule has 0 spiro atoms. The number of aliphatic hydroxyl groups is 11. The van der Waals surface area contributed by atoms with E-state index in [1.165, 1.54) is 0 Å². The molecule has 39 heavy (non-hydrogen) atoms. The van der Waals surface area contributed by atoms with Gasteiger partial charge in [-0.2, -0.15) is 0 Å². The first kappa shape index (κ1) is 31.2. The molecule has 18 nitrogen and oxygen atoms in total. The van der Waals surface area contributed by atoms with Crippen LogP contribution in [-0.2, 0) is 33.2 Å². The second kappa shape index (κ2) is 13.1. The van der Waals surface area contributed by atoms with Gasteiger partial charge in [-0.1, -0.05) is 0 Å². The van der Waals surface area contributed by atoms with Gasteiger partial charge in [-0.25, -0.2) is 0 Å². The van der Waals surface area contributed by atoms with Gasteiger partial charge in [-0.15, -0.1) is 0 Å². The van der Waals surface area contributed by atoms with Crippen molar-refractivity contribution >= 4 is 0 Å². The molecule has 0 amide bonds. The van der Waals surface area contributed by atoms with Crippen LogP contribution in [0.3, 0.4) is 0 Å². The van der Waals surface area contributed by atoms with E-state index in [1.807, 2.05) is 0 Å². The predicted molar refractivity (Wildman–Crippen MR) is 116 cm³/mol. The number of hydrogen-bond acceptors (Lipinski definition) is 18. The van der Waals surface area contributed by atoms with Gasteiger partial charge in [0.2, 0.25) is 0 Å². The maximum Gasteiger partial charge on any atom is 0.187 e. The van der Waals surface area contributed by atoms with Crippen molar-refractivity contribution in [2.75, 3.05) is 26.4 Å². The van der Waals surface area contributed by atoms with Gasteiger partial charge < -0.3 is 89.3 Å². The Bertz CT molecular complexity index is 777. The molecule has 4 saturated heterocycles. The summed E-state index contributed by atoms with van der Waals surface area (Å²) in [6, 6.07) is 0. The maximum atomic E-state index is 11.0. The summed E-state index contributed by atoms with van der Waals surface area (Å²) in [4.78, 5) is 0. The third kappa shape index (κ3) is 6.23. The van der Waals surface area contributed by atoms with E-state index in [-0.39, 0.29) is 0 Å². The molecule has 0 aliphatic carbocycles. The summed E-state index contributed by atoms with van der Waals surface area (Å²) < 4.78 is 37.9. The minimum absolute atomic E-state index is 0.498. The largest absolute Gasteiger partial charge is 0.394 e. The molecular formula is C21H36O18. The Balaban J connectivity index is 1.47. The molecule has 0 unspecified atom stereocenters. The van der Waals surface area contributed by atoms with Crippen molar-refractivity contribution in [3.63, 3.8) is 0 Å². The highest BCUT2D eigenvalue weighted by atomic mass is 16.8. The normalized spacial score (nSPS) is 51.2. The third-order valence-corrected chi connectivity index (χ3v) is 7.12. The summed E-state index contributed by atoms with van der Waals surface area (Å²) in [7, 11) is 0. The SMILES string of the molecule is OC[C@@H](O)[C@@H]1O[C@@H](O[C@H]2[C@@H](O[C@@H]3[C@@H](O)[C@H](CO)O[C@@H]3O)O[C@@H](CO[C@@H]3O[C@@H](CO)[C@H](O)[C@H]3O)[C@@H]2O)[C@H](O)[C@H]1O. The Labute approximate surface area is 221 Å². The van der Waals surface area contributed by atoms with Gasteiger partial charge in [0.1, 0.15) is 79.4 Å². The zero-order valence-electron chi connectivity index (χ0n) is 20.4. The lowest BCUT2D eigenvalue weighted by atomic mass is 10.1. The highest BCUT2D eigenvalue weighted by Crippen LogP contribution is 2.34. The second-order valence-electron chi connectivity index (χ2n) is 9.71. The average molecular weight is 577 g/mol. The molecule has 0 aromatic carbocycles. The number of rotatable bonds is 11. The van der Waals surface area contributed by atoms with Gasteiger partial charge >= 0.3 is 0 Å². The predicted octanol–water partition coefficient (Wildman–Crippen LogP) is -7.83. The highest BCUT2D eigenvalue weighted by molar-refractivity contribution is 4.96. The smallest absolute Gasteiger partial charge is 0.187 e. The molecule has 0 bridgehead atoms. The van der Waals surface area contributed by atoms with Crippen molar-refractivity contribution < 1.29 is 89.3 Å². The summed E-state index contributed by atoms with van der Waals surface area (Å²) in [6.07, 6.45) is -25.6. The first-order valence-corrected chi connectivity index (χ1v) is 12.3. The van der Waals surface area contributed by atoms with Crippen LogP contribution in [0.2, 0.25) is 0 Å². The molecule has 11 N–H and O–H groups in total. The Morgan fingerprint density at radius 1 is 0.564 bits per heavy atom. The number of hydrogen-bond donors (Lipinski definition) is 11. The Hall–Kier alpha value is -0.720. The molecule has 18 heteroatoms. The van der Waals surface area contributed by atoms with Gasteiger partial charge in [0, 0.05) is 0 Å². The molecular weight excluding hydrogens is 540 g/mol. The van der Waals surface area contributed by atoms with Gasteiger partial charge in [-0.05, 0) is 0 Å². The molecule has 4 fully saturated rings. The maximum absolute atomic E-state index is 11.0. The van der Waals surface area contributed by atoms with Gasteiger partial charge in [-0.3, -0.25) is 0 Å². The van der Waals surface area contributed by atoms with Crippen LogP contribution >= 0.6 is 0 Å². The zero-order chi connectivity index (χ0) is 28.6.